The molecule has 1 aliphatic heterocycles. The van der Waals surface area contributed by atoms with Gasteiger partial charge in [-0.15, -0.1) is 5.10 Å². The number of hydrogen-bond donors (Lipinski definition) is 1. The minimum Gasteiger partial charge on any atom is -0.493 e. The average molecular weight is 467 g/mol. The zero-order valence-corrected chi connectivity index (χ0v) is 19.2. The maximum Gasteiger partial charge on any atom is 0.271 e. The van der Waals surface area contributed by atoms with Crippen molar-refractivity contribution in [2.24, 2.45) is 5.92 Å². The monoisotopic (exact) mass is 466 g/mol. The minimum atomic E-state index is -0.444. The lowest BCUT2D eigenvalue weighted by atomic mass is 9.97. The van der Waals surface area contributed by atoms with Crippen LogP contribution >= 0.6 is 0 Å². The molecule has 178 valence electrons. The third kappa shape index (κ3) is 5.19. The van der Waals surface area contributed by atoms with Gasteiger partial charge in [0.05, 0.1) is 25.8 Å². The first-order chi connectivity index (χ1) is 16.5. The fourth-order valence-electron chi connectivity index (χ4n) is 4.09. The van der Waals surface area contributed by atoms with E-state index in [1.165, 1.54) is 28.9 Å². The minimum absolute atomic E-state index is 0.0436. The molecule has 1 aliphatic rings. The second kappa shape index (κ2) is 10.4. The Labute approximate surface area is 196 Å². The molecule has 0 spiro atoms. The van der Waals surface area contributed by atoms with Gasteiger partial charge in [-0.3, -0.25) is 9.59 Å². The van der Waals surface area contributed by atoms with Crippen LogP contribution in [-0.2, 0) is 11.3 Å². The number of amides is 1. The van der Waals surface area contributed by atoms with Crippen LogP contribution in [0, 0.1) is 11.7 Å². The SMILES string of the molecule is COc1ccc(CNC(=O)[C@H]2CCCN(c3ccc(=O)n(-c4cccc(F)c4)n3)C2)cc1OC. The van der Waals surface area contributed by atoms with Gasteiger partial charge in [0.25, 0.3) is 5.56 Å². The molecule has 3 aromatic rings. The number of aromatic nitrogens is 2. The van der Waals surface area contributed by atoms with Crippen molar-refractivity contribution in [2.45, 2.75) is 19.4 Å². The third-order valence-electron chi connectivity index (χ3n) is 5.87. The van der Waals surface area contributed by atoms with Crippen LogP contribution in [0.1, 0.15) is 18.4 Å². The summed E-state index contributed by atoms with van der Waals surface area (Å²) >= 11 is 0. The van der Waals surface area contributed by atoms with Gasteiger partial charge in [0.2, 0.25) is 5.91 Å². The van der Waals surface area contributed by atoms with Gasteiger partial charge in [-0.2, -0.15) is 4.68 Å². The highest BCUT2D eigenvalue weighted by atomic mass is 19.1. The highest BCUT2D eigenvalue weighted by molar-refractivity contribution is 5.79. The van der Waals surface area contributed by atoms with Crippen molar-refractivity contribution in [1.29, 1.82) is 0 Å². The van der Waals surface area contributed by atoms with E-state index >= 15 is 0 Å². The lowest BCUT2D eigenvalue weighted by Gasteiger charge is -2.33. The van der Waals surface area contributed by atoms with E-state index in [4.69, 9.17) is 9.47 Å². The molecule has 8 nitrogen and oxygen atoms in total. The Bertz CT molecular complexity index is 1230. The molecule has 34 heavy (non-hydrogen) atoms. The second-order valence-corrected chi connectivity index (χ2v) is 8.11. The van der Waals surface area contributed by atoms with Crippen LogP contribution in [0.2, 0.25) is 0 Å². The smallest absolute Gasteiger partial charge is 0.271 e. The van der Waals surface area contributed by atoms with Gasteiger partial charge in [0.15, 0.2) is 11.5 Å². The summed E-state index contributed by atoms with van der Waals surface area (Å²) in [5, 5.41) is 7.44. The molecule has 1 atom stereocenters. The Balaban J connectivity index is 1.44. The standard InChI is InChI=1S/C25H27FN4O4/c1-33-21-9-8-17(13-22(21)34-2)15-27-25(32)18-5-4-12-29(16-18)23-10-11-24(31)30(28-23)20-7-3-6-19(26)14-20/h3,6-11,13-14,18H,4-5,12,15-16H2,1-2H3,(H,27,32)/t18-/m0/s1. The molecule has 0 unspecified atom stereocenters. The van der Waals surface area contributed by atoms with Gasteiger partial charge < -0.3 is 19.7 Å². The Morgan fingerprint density at radius 1 is 1.12 bits per heavy atom. The first-order valence-corrected chi connectivity index (χ1v) is 11.1. The topological polar surface area (TPSA) is 85.7 Å². The van der Waals surface area contributed by atoms with E-state index in [1.807, 2.05) is 23.1 Å². The lowest BCUT2D eigenvalue weighted by molar-refractivity contribution is -0.125. The summed E-state index contributed by atoms with van der Waals surface area (Å²) < 4.78 is 25.4. The number of piperidine rings is 1. The predicted octanol–water partition coefficient (Wildman–Crippen LogP) is 2.92. The fraction of sp³-hybridized carbons (Fsp3) is 0.320. The lowest BCUT2D eigenvalue weighted by Crippen LogP contribution is -2.43. The van der Waals surface area contributed by atoms with Crippen LogP contribution in [0.3, 0.4) is 0 Å². The average Bonchev–Trinajstić information content (AvgIpc) is 2.87. The summed E-state index contributed by atoms with van der Waals surface area (Å²) in [6.45, 7) is 1.57. The van der Waals surface area contributed by atoms with Gasteiger partial charge in [0.1, 0.15) is 11.6 Å². The number of rotatable bonds is 7. The number of ether oxygens (including phenoxy) is 2. The highest BCUT2D eigenvalue weighted by Gasteiger charge is 2.27. The van der Waals surface area contributed by atoms with E-state index in [0.29, 0.717) is 42.6 Å². The van der Waals surface area contributed by atoms with Crippen LogP contribution < -0.4 is 25.2 Å². The van der Waals surface area contributed by atoms with Crippen molar-refractivity contribution in [3.8, 4) is 17.2 Å². The molecule has 0 bridgehead atoms. The van der Waals surface area contributed by atoms with Gasteiger partial charge >= 0.3 is 0 Å². The summed E-state index contributed by atoms with van der Waals surface area (Å²) in [5.41, 5.74) is 0.908. The van der Waals surface area contributed by atoms with Crippen molar-refractivity contribution < 1.29 is 18.7 Å². The molecule has 2 aromatic carbocycles. The Morgan fingerprint density at radius 3 is 2.71 bits per heavy atom. The van der Waals surface area contributed by atoms with Crippen molar-refractivity contribution in [1.82, 2.24) is 15.1 Å². The number of carbonyl (C=O) groups excluding carboxylic acids is 1. The number of hydrogen-bond acceptors (Lipinski definition) is 6. The highest BCUT2D eigenvalue weighted by Crippen LogP contribution is 2.27. The molecule has 9 heteroatoms. The maximum atomic E-state index is 13.6. The number of methoxy groups -OCH3 is 2. The van der Waals surface area contributed by atoms with Gasteiger partial charge in [-0.1, -0.05) is 12.1 Å². The molecule has 0 radical (unpaired) electrons. The van der Waals surface area contributed by atoms with Gasteiger partial charge in [0, 0.05) is 25.7 Å². The molecular weight excluding hydrogens is 439 g/mol. The van der Waals surface area contributed by atoms with Crippen molar-refractivity contribution >= 4 is 11.7 Å². The molecule has 0 saturated carbocycles. The first-order valence-electron chi connectivity index (χ1n) is 11.1. The Kier molecular flexibility index (Phi) is 7.10. The van der Waals surface area contributed by atoms with Crippen molar-refractivity contribution in [3.63, 3.8) is 0 Å². The fourth-order valence-corrected chi connectivity index (χ4v) is 4.09. The number of halogens is 1. The summed E-state index contributed by atoms with van der Waals surface area (Å²) in [4.78, 5) is 27.2. The van der Waals surface area contributed by atoms with E-state index < -0.39 is 5.82 Å². The largest absolute Gasteiger partial charge is 0.493 e. The predicted molar refractivity (Wildman–Crippen MR) is 126 cm³/mol. The van der Waals surface area contributed by atoms with Crippen LogP contribution in [0.25, 0.3) is 5.69 Å². The molecule has 1 N–H and O–H groups in total. The second-order valence-electron chi connectivity index (χ2n) is 8.11. The van der Waals surface area contributed by atoms with Gasteiger partial charge in [-0.25, -0.2) is 4.39 Å². The van der Waals surface area contributed by atoms with Crippen molar-refractivity contribution in [3.05, 3.63) is 76.3 Å². The molecule has 1 fully saturated rings. The van der Waals surface area contributed by atoms with E-state index in [2.05, 4.69) is 10.4 Å². The summed E-state index contributed by atoms with van der Waals surface area (Å²) in [6.07, 6.45) is 1.58. The van der Waals surface area contributed by atoms with Crippen LogP contribution in [-0.4, -0.2) is 43.0 Å². The first kappa shape index (κ1) is 23.3. The molecule has 0 aliphatic carbocycles. The molecule has 4 rings (SSSR count). The van der Waals surface area contributed by atoms with E-state index in [1.54, 1.807) is 26.4 Å². The number of benzene rings is 2. The van der Waals surface area contributed by atoms with Gasteiger partial charge in [-0.05, 0) is 54.8 Å². The Hall–Kier alpha value is -3.88. The van der Waals surface area contributed by atoms with Crippen molar-refractivity contribution in [2.75, 3.05) is 32.2 Å². The summed E-state index contributed by atoms with van der Waals surface area (Å²) in [5.74, 6) is 1.11. The van der Waals surface area contributed by atoms with E-state index in [0.717, 1.165) is 18.4 Å². The molecule has 2 heterocycles. The zero-order chi connectivity index (χ0) is 24.1. The Morgan fingerprint density at radius 2 is 1.94 bits per heavy atom. The van der Waals surface area contributed by atoms with E-state index in [9.17, 15) is 14.0 Å². The summed E-state index contributed by atoms with van der Waals surface area (Å²) in [6, 6.07) is 14.3. The number of nitrogens with one attached hydrogen (secondary N) is 1. The molecule has 1 saturated heterocycles. The molecular formula is C25H27FN4O4. The normalized spacial score (nSPS) is 15.6. The quantitative estimate of drug-likeness (QED) is 0.576. The maximum absolute atomic E-state index is 13.6. The summed E-state index contributed by atoms with van der Waals surface area (Å²) in [7, 11) is 3.15. The number of anilines is 1. The number of carbonyl (C=O) groups is 1. The third-order valence-corrected chi connectivity index (χ3v) is 5.87. The molecule has 1 amide bonds. The number of nitrogens with zero attached hydrogens (tertiary/aromatic N) is 3. The van der Waals surface area contributed by atoms with E-state index in [-0.39, 0.29) is 17.4 Å². The molecule has 1 aromatic heterocycles. The van der Waals surface area contributed by atoms with Crippen LogP contribution in [0.4, 0.5) is 10.2 Å². The zero-order valence-electron chi connectivity index (χ0n) is 19.2. The van der Waals surface area contributed by atoms with Crippen LogP contribution in [0.15, 0.2) is 59.4 Å². The van der Waals surface area contributed by atoms with Crippen LogP contribution in [0.5, 0.6) is 11.5 Å².